The molecule has 0 saturated heterocycles. The average Bonchev–Trinajstić information content (AvgIpc) is 2.49. The molecule has 1 unspecified atom stereocenters. The molecule has 94 valence electrons. The highest BCUT2D eigenvalue weighted by Gasteiger charge is 2.20. The molecule has 1 aromatic carbocycles. The zero-order valence-electron chi connectivity index (χ0n) is 10.2. The van der Waals surface area contributed by atoms with E-state index in [4.69, 9.17) is 0 Å². The van der Waals surface area contributed by atoms with Crippen LogP contribution in [0, 0.1) is 5.92 Å². The van der Waals surface area contributed by atoms with Crippen LogP contribution >= 0.6 is 0 Å². The van der Waals surface area contributed by atoms with Gasteiger partial charge < -0.3 is 10.6 Å². The minimum atomic E-state index is -3.19. The van der Waals surface area contributed by atoms with Crippen molar-refractivity contribution < 1.29 is 8.42 Å². The number of nitrogens with one attached hydrogen (secondary N) is 2. The van der Waals surface area contributed by atoms with Gasteiger partial charge in [-0.15, -0.1) is 0 Å². The highest BCUT2D eigenvalue weighted by atomic mass is 32.2. The van der Waals surface area contributed by atoms with Crippen LogP contribution in [0.2, 0.25) is 0 Å². The van der Waals surface area contributed by atoms with E-state index in [1.54, 1.807) is 12.1 Å². The first kappa shape index (κ1) is 12.2. The molecule has 1 atom stereocenters. The Kier molecular flexibility index (Phi) is 3.28. The van der Waals surface area contributed by atoms with Crippen molar-refractivity contribution in [1.82, 2.24) is 0 Å². The van der Waals surface area contributed by atoms with Crippen molar-refractivity contribution in [3.63, 3.8) is 0 Å². The number of fused-ring (bicyclic) bond motifs is 1. The SMILES string of the molecule is CCC1CNc2cccc(S(C)(=O)=O)c2NC1. The zero-order chi connectivity index (χ0) is 12.5. The molecule has 2 rings (SSSR count). The molecule has 0 saturated carbocycles. The fourth-order valence-electron chi connectivity index (χ4n) is 2.03. The number of para-hydroxylation sites is 1. The Labute approximate surface area is 102 Å². The molecule has 0 bridgehead atoms. The van der Waals surface area contributed by atoms with E-state index in [2.05, 4.69) is 17.6 Å². The molecule has 0 spiro atoms. The molecule has 1 aliphatic rings. The minimum Gasteiger partial charge on any atom is -0.383 e. The van der Waals surface area contributed by atoms with Crippen molar-refractivity contribution >= 4 is 21.2 Å². The second-order valence-corrected chi connectivity index (χ2v) is 6.47. The summed E-state index contributed by atoms with van der Waals surface area (Å²) in [7, 11) is -3.19. The number of anilines is 2. The Balaban J connectivity index is 2.43. The second-order valence-electron chi connectivity index (χ2n) is 4.49. The third-order valence-electron chi connectivity index (χ3n) is 3.15. The van der Waals surface area contributed by atoms with Crippen molar-refractivity contribution in [2.75, 3.05) is 30.0 Å². The maximum absolute atomic E-state index is 11.7. The Morgan fingerprint density at radius 2 is 2.00 bits per heavy atom. The quantitative estimate of drug-likeness (QED) is 0.847. The third kappa shape index (κ3) is 2.54. The molecule has 5 heteroatoms. The molecule has 1 aromatic rings. The van der Waals surface area contributed by atoms with E-state index < -0.39 is 9.84 Å². The van der Waals surface area contributed by atoms with Crippen molar-refractivity contribution in [2.45, 2.75) is 18.2 Å². The summed E-state index contributed by atoms with van der Waals surface area (Å²) in [4.78, 5) is 0.374. The van der Waals surface area contributed by atoms with Gasteiger partial charge in [0, 0.05) is 19.3 Å². The maximum Gasteiger partial charge on any atom is 0.177 e. The number of hydrogen-bond donors (Lipinski definition) is 2. The Bertz CT molecular complexity index is 511. The standard InChI is InChI=1S/C12H18N2O2S/c1-3-9-7-13-10-5-4-6-11(17(2,15)16)12(10)14-8-9/h4-6,9,13-14H,3,7-8H2,1-2H3. The molecule has 0 radical (unpaired) electrons. The van der Waals surface area contributed by atoms with Crippen LogP contribution in [0.25, 0.3) is 0 Å². The second kappa shape index (κ2) is 4.56. The summed E-state index contributed by atoms with van der Waals surface area (Å²) in [5.74, 6) is 0.523. The average molecular weight is 254 g/mol. The maximum atomic E-state index is 11.7. The fraction of sp³-hybridized carbons (Fsp3) is 0.500. The molecular weight excluding hydrogens is 236 g/mol. The summed E-state index contributed by atoms with van der Waals surface area (Å²) in [6.07, 6.45) is 2.31. The van der Waals surface area contributed by atoms with Crippen molar-refractivity contribution in [2.24, 2.45) is 5.92 Å². The molecule has 17 heavy (non-hydrogen) atoms. The zero-order valence-corrected chi connectivity index (χ0v) is 11.0. The van der Waals surface area contributed by atoms with Gasteiger partial charge in [0.2, 0.25) is 0 Å². The summed E-state index contributed by atoms with van der Waals surface area (Å²) in [6.45, 7) is 3.83. The predicted octanol–water partition coefficient (Wildman–Crippen LogP) is 1.95. The monoisotopic (exact) mass is 254 g/mol. The van der Waals surface area contributed by atoms with E-state index >= 15 is 0 Å². The molecule has 2 N–H and O–H groups in total. The van der Waals surface area contributed by atoms with E-state index in [0.717, 1.165) is 25.2 Å². The van der Waals surface area contributed by atoms with Crippen molar-refractivity contribution in [3.8, 4) is 0 Å². The lowest BCUT2D eigenvalue weighted by molar-refractivity contribution is 0.569. The van der Waals surface area contributed by atoms with Crippen LogP contribution in [-0.4, -0.2) is 27.8 Å². The van der Waals surface area contributed by atoms with Gasteiger partial charge in [-0.1, -0.05) is 13.0 Å². The third-order valence-corrected chi connectivity index (χ3v) is 4.29. The van der Waals surface area contributed by atoms with Crippen molar-refractivity contribution in [1.29, 1.82) is 0 Å². The number of sulfone groups is 1. The largest absolute Gasteiger partial charge is 0.383 e. The highest BCUT2D eigenvalue weighted by molar-refractivity contribution is 7.90. The van der Waals surface area contributed by atoms with Gasteiger partial charge in [0.25, 0.3) is 0 Å². The molecule has 0 aliphatic carbocycles. The van der Waals surface area contributed by atoms with E-state index in [-0.39, 0.29) is 0 Å². The number of hydrogen-bond acceptors (Lipinski definition) is 4. The molecule has 0 amide bonds. The van der Waals surface area contributed by atoms with Crippen molar-refractivity contribution in [3.05, 3.63) is 18.2 Å². The van der Waals surface area contributed by atoms with Crippen LogP contribution in [0.5, 0.6) is 0 Å². The minimum absolute atomic E-state index is 0.374. The molecule has 1 heterocycles. The van der Waals surface area contributed by atoms with Gasteiger partial charge in [-0.3, -0.25) is 0 Å². The first-order valence-corrected chi connectivity index (χ1v) is 7.72. The molecule has 0 aromatic heterocycles. The smallest absolute Gasteiger partial charge is 0.177 e. The highest BCUT2D eigenvalue weighted by Crippen LogP contribution is 2.32. The summed E-state index contributed by atoms with van der Waals surface area (Å²) in [5, 5.41) is 6.57. The van der Waals surface area contributed by atoms with Crippen LogP contribution in [0.15, 0.2) is 23.1 Å². The summed E-state index contributed by atoms with van der Waals surface area (Å²) >= 11 is 0. The topological polar surface area (TPSA) is 58.2 Å². The molecule has 4 nitrogen and oxygen atoms in total. The van der Waals surface area contributed by atoms with E-state index in [9.17, 15) is 8.42 Å². The Morgan fingerprint density at radius 3 is 2.65 bits per heavy atom. The van der Waals surface area contributed by atoms with Gasteiger partial charge in [-0.2, -0.15) is 0 Å². The van der Waals surface area contributed by atoms with Gasteiger partial charge in [0.1, 0.15) is 0 Å². The summed E-state index contributed by atoms with van der Waals surface area (Å²) in [5.41, 5.74) is 1.59. The normalized spacial score (nSPS) is 19.8. The van der Waals surface area contributed by atoms with Gasteiger partial charge >= 0.3 is 0 Å². The first-order valence-electron chi connectivity index (χ1n) is 5.83. The van der Waals surface area contributed by atoms with Crippen LogP contribution < -0.4 is 10.6 Å². The van der Waals surface area contributed by atoms with Gasteiger partial charge in [-0.25, -0.2) is 8.42 Å². The lowest BCUT2D eigenvalue weighted by Crippen LogP contribution is -2.17. The first-order chi connectivity index (χ1) is 8.02. The molecular formula is C12H18N2O2S. The number of benzene rings is 1. The molecule has 1 aliphatic heterocycles. The van der Waals surface area contributed by atoms with Crippen LogP contribution in [0.1, 0.15) is 13.3 Å². The lowest BCUT2D eigenvalue weighted by Gasteiger charge is -2.12. The summed E-state index contributed by atoms with van der Waals surface area (Å²) in [6, 6.07) is 5.33. The fourth-order valence-corrected chi connectivity index (χ4v) is 2.91. The lowest BCUT2D eigenvalue weighted by atomic mass is 10.1. The van der Waals surface area contributed by atoms with E-state index in [1.165, 1.54) is 6.26 Å². The van der Waals surface area contributed by atoms with E-state index in [1.807, 2.05) is 6.07 Å². The predicted molar refractivity (Wildman–Crippen MR) is 70.3 cm³/mol. The Morgan fingerprint density at radius 1 is 1.29 bits per heavy atom. The van der Waals surface area contributed by atoms with Crippen LogP contribution in [-0.2, 0) is 9.84 Å². The van der Waals surface area contributed by atoms with Gasteiger partial charge in [0.05, 0.1) is 16.3 Å². The van der Waals surface area contributed by atoms with Gasteiger partial charge in [0.15, 0.2) is 9.84 Å². The van der Waals surface area contributed by atoms with Crippen LogP contribution in [0.4, 0.5) is 11.4 Å². The van der Waals surface area contributed by atoms with E-state index in [0.29, 0.717) is 16.5 Å². The molecule has 0 fully saturated rings. The van der Waals surface area contributed by atoms with Crippen LogP contribution in [0.3, 0.4) is 0 Å². The Hall–Kier alpha value is -1.23. The summed E-state index contributed by atoms with van der Waals surface area (Å²) < 4.78 is 23.4. The number of rotatable bonds is 2. The van der Waals surface area contributed by atoms with Gasteiger partial charge in [-0.05, 0) is 24.5 Å².